The zero-order valence-electron chi connectivity index (χ0n) is 27.9. The molecule has 5 rings (SSSR count). The fourth-order valence-electron chi connectivity index (χ4n) is 6.47. The third-order valence-corrected chi connectivity index (χ3v) is 9.09. The Hall–Kier alpha value is -4.99. The number of amides is 2. The third-order valence-electron chi connectivity index (χ3n) is 9.09. The van der Waals surface area contributed by atoms with Crippen LogP contribution in [-0.4, -0.2) is 50.7 Å². The van der Waals surface area contributed by atoms with Gasteiger partial charge in [0, 0.05) is 36.1 Å². The van der Waals surface area contributed by atoms with Crippen molar-refractivity contribution in [3.63, 3.8) is 0 Å². The summed E-state index contributed by atoms with van der Waals surface area (Å²) in [6.45, 7) is 5.93. The molecule has 1 heterocycles. The highest BCUT2D eigenvalue weighted by Gasteiger charge is 2.30. The number of rotatable bonds is 12. The fraction of sp³-hybridized carbons (Fsp3) is 0.378. The quantitative estimate of drug-likeness (QED) is 0.160. The van der Waals surface area contributed by atoms with Crippen molar-refractivity contribution >= 4 is 28.4 Å². The summed E-state index contributed by atoms with van der Waals surface area (Å²) < 4.78 is 17.2. The van der Waals surface area contributed by atoms with E-state index >= 15 is 0 Å². The molecule has 2 amide bonds. The average Bonchev–Trinajstić information content (AvgIpc) is 3.34. The van der Waals surface area contributed by atoms with E-state index in [0.29, 0.717) is 48.6 Å². The summed E-state index contributed by atoms with van der Waals surface area (Å²) in [5.41, 5.74) is 5.28. The van der Waals surface area contributed by atoms with E-state index in [1.54, 1.807) is 33.5 Å². The third kappa shape index (κ3) is 6.91. The van der Waals surface area contributed by atoms with Gasteiger partial charge < -0.3 is 35.1 Å². The molecule has 1 aliphatic carbocycles. The van der Waals surface area contributed by atoms with Gasteiger partial charge in [-0.1, -0.05) is 44.5 Å². The fourth-order valence-corrected chi connectivity index (χ4v) is 6.47. The molecule has 4 aromatic rings. The summed E-state index contributed by atoms with van der Waals surface area (Å²) in [6, 6.07) is 14.1. The number of H-pyrrole nitrogens is 1. The second kappa shape index (κ2) is 14.6. The van der Waals surface area contributed by atoms with Crippen LogP contribution in [-0.2, 0) is 22.4 Å². The van der Waals surface area contributed by atoms with Gasteiger partial charge in [0.05, 0.1) is 33.1 Å². The SMILES string of the molecule is CCC(C)C(Nc1ccc2c(cc1=O)C(NC(C)=O)CCc1cc(OC)c(OC)c(OC)c1-2)C(=O)NCCc1c[nH]c2ccccc12. The van der Waals surface area contributed by atoms with Crippen molar-refractivity contribution in [1.82, 2.24) is 15.6 Å². The van der Waals surface area contributed by atoms with E-state index in [1.165, 1.54) is 6.92 Å². The van der Waals surface area contributed by atoms with Crippen molar-refractivity contribution < 1.29 is 23.8 Å². The Balaban J connectivity index is 1.50. The van der Waals surface area contributed by atoms with Crippen LogP contribution in [0.3, 0.4) is 0 Å². The molecule has 0 radical (unpaired) electrons. The first-order valence-corrected chi connectivity index (χ1v) is 16.1. The minimum absolute atomic E-state index is 0.0597. The largest absolute Gasteiger partial charge is 0.493 e. The van der Waals surface area contributed by atoms with Crippen molar-refractivity contribution in [2.75, 3.05) is 33.2 Å². The number of methoxy groups -OCH3 is 3. The number of aromatic nitrogens is 1. The van der Waals surface area contributed by atoms with Crippen LogP contribution >= 0.6 is 0 Å². The number of benzene rings is 2. The molecule has 10 nitrogen and oxygen atoms in total. The summed E-state index contributed by atoms with van der Waals surface area (Å²) in [4.78, 5) is 43.1. The Morgan fingerprint density at radius 3 is 2.49 bits per heavy atom. The summed E-state index contributed by atoms with van der Waals surface area (Å²) in [5.74, 6) is 1.01. The van der Waals surface area contributed by atoms with Crippen LogP contribution < -0.4 is 35.6 Å². The number of aryl methyl sites for hydroxylation is 1. The van der Waals surface area contributed by atoms with Gasteiger partial charge in [0.2, 0.25) is 23.0 Å². The second-order valence-corrected chi connectivity index (χ2v) is 12.0. The lowest BCUT2D eigenvalue weighted by Gasteiger charge is -2.24. The lowest BCUT2D eigenvalue weighted by Crippen LogP contribution is -2.45. The first-order valence-electron chi connectivity index (χ1n) is 16.1. The maximum absolute atomic E-state index is 13.9. The van der Waals surface area contributed by atoms with Crippen LogP contribution in [0.4, 0.5) is 5.69 Å². The molecule has 47 heavy (non-hydrogen) atoms. The highest BCUT2D eigenvalue weighted by molar-refractivity contribution is 5.87. The van der Waals surface area contributed by atoms with Crippen molar-refractivity contribution in [3.05, 3.63) is 81.6 Å². The van der Waals surface area contributed by atoms with Crippen LogP contribution in [0.5, 0.6) is 17.2 Å². The number of carbonyl (C=O) groups excluding carboxylic acids is 2. The lowest BCUT2D eigenvalue weighted by atomic mass is 9.95. The number of aromatic amines is 1. The van der Waals surface area contributed by atoms with Crippen molar-refractivity contribution in [2.24, 2.45) is 5.92 Å². The van der Waals surface area contributed by atoms with Gasteiger partial charge in [-0.15, -0.1) is 0 Å². The summed E-state index contributed by atoms with van der Waals surface area (Å²) in [6.07, 6.45) is 4.53. The molecule has 0 saturated carbocycles. The highest BCUT2D eigenvalue weighted by Crippen LogP contribution is 2.50. The molecule has 0 saturated heterocycles. The van der Waals surface area contributed by atoms with E-state index in [0.717, 1.165) is 39.6 Å². The van der Waals surface area contributed by atoms with E-state index in [9.17, 15) is 14.4 Å². The zero-order chi connectivity index (χ0) is 33.7. The number of hydrogen-bond acceptors (Lipinski definition) is 7. The number of fused-ring (bicyclic) bond motifs is 4. The Bertz CT molecular complexity index is 1830. The molecule has 0 fully saturated rings. The molecule has 3 aromatic carbocycles. The van der Waals surface area contributed by atoms with Gasteiger partial charge in [-0.05, 0) is 71.7 Å². The first kappa shape index (κ1) is 33.4. The van der Waals surface area contributed by atoms with Crippen molar-refractivity contribution in [1.29, 1.82) is 0 Å². The van der Waals surface area contributed by atoms with Gasteiger partial charge >= 0.3 is 0 Å². The highest BCUT2D eigenvalue weighted by atomic mass is 16.5. The van der Waals surface area contributed by atoms with Gasteiger partial charge in [-0.3, -0.25) is 14.4 Å². The van der Waals surface area contributed by atoms with Gasteiger partial charge in [-0.25, -0.2) is 0 Å². The number of nitrogens with one attached hydrogen (secondary N) is 4. The molecule has 0 spiro atoms. The molecule has 1 aliphatic rings. The molecule has 3 atom stereocenters. The minimum atomic E-state index is -0.643. The molecule has 248 valence electrons. The normalized spacial score (nSPS) is 15.0. The van der Waals surface area contributed by atoms with E-state index < -0.39 is 12.1 Å². The summed E-state index contributed by atoms with van der Waals surface area (Å²) in [5, 5.41) is 10.5. The minimum Gasteiger partial charge on any atom is -0.493 e. The van der Waals surface area contributed by atoms with E-state index in [4.69, 9.17) is 14.2 Å². The van der Waals surface area contributed by atoms with Gasteiger partial charge in [-0.2, -0.15) is 0 Å². The predicted molar refractivity (Wildman–Crippen MR) is 185 cm³/mol. The average molecular weight is 641 g/mol. The number of anilines is 1. The van der Waals surface area contributed by atoms with Crippen molar-refractivity contribution in [2.45, 2.75) is 58.5 Å². The molecule has 1 aromatic heterocycles. The number of ether oxygens (including phenoxy) is 3. The number of para-hydroxylation sites is 1. The lowest BCUT2D eigenvalue weighted by molar-refractivity contribution is -0.123. The predicted octanol–water partition coefficient (Wildman–Crippen LogP) is 5.53. The molecular formula is C37H44N4O6. The Morgan fingerprint density at radius 2 is 1.79 bits per heavy atom. The molecule has 10 heteroatoms. The molecule has 4 N–H and O–H groups in total. The monoisotopic (exact) mass is 640 g/mol. The van der Waals surface area contributed by atoms with Gasteiger partial charge in [0.1, 0.15) is 6.04 Å². The van der Waals surface area contributed by atoms with E-state index in [-0.39, 0.29) is 28.8 Å². The topological polar surface area (TPSA) is 131 Å². The van der Waals surface area contributed by atoms with Gasteiger partial charge in [0.25, 0.3) is 0 Å². The van der Waals surface area contributed by atoms with Crippen LogP contribution in [0, 0.1) is 5.92 Å². The second-order valence-electron chi connectivity index (χ2n) is 12.0. The maximum Gasteiger partial charge on any atom is 0.242 e. The Labute approximate surface area is 275 Å². The Kier molecular flexibility index (Phi) is 10.4. The first-order chi connectivity index (χ1) is 22.7. The number of hydrogen-bond donors (Lipinski definition) is 4. The van der Waals surface area contributed by atoms with Crippen molar-refractivity contribution in [3.8, 4) is 28.4 Å². The summed E-state index contributed by atoms with van der Waals surface area (Å²) >= 11 is 0. The van der Waals surface area contributed by atoms with E-state index in [2.05, 4.69) is 27.0 Å². The molecule has 0 aliphatic heterocycles. The number of carbonyl (C=O) groups is 2. The molecular weight excluding hydrogens is 596 g/mol. The maximum atomic E-state index is 13.9. The summed E-state index contributed by atoms with van der Waals surface area (Å²) in [7, 11) is 4.69. The van der Waals surface area contributed by atoms with Crippen LogP contribution in [0.15, 0.2) is 59.5 Å². The smallest absolute Gasteiger partial charge is 0.242 e. The molecule has 0 bridgehead atoms. The Morgan fingerprint density at radius 1 is 1.02 bits per heavy atom. The standard InChI is InChI=1S/C37H44N4O6/c1-7-21(2)34(37(44)38-17-16-24-20-39-28-11-9-8-10-25(24)28)41-30-15-13-26-27(19-31(30)43)29(40-22(3)42)14-12-23-18-32(45-4)35(46-5)36(47-6)33(23)26/h8-11,13,15,18-21,29,34,39H,7,12,14,16-17H2,1-6H3,(H,38,44)(H,40,42)(H,41,43). The van der Waals surface area contributed by atoms with Gasteiger partial charge in [0.15, 0.2) is 11.5 Å². The van der Waals surface area contributed by atoms with Crippen LogP contribution in [0.25, 0.3) is 22.0 Å². The van der Waals surface area contributed by atoms with E-state index in [1.807, 2.05) is 50.4 Å². The van der Waals surface area contributed by atoms with Crippen LogP contribution in [0.2, 0.25) is 0 Å². The zero-order valence-corrected chi connectivity index (χ0v) is 27.9. The van der Waals surface area contributed by atoms with Crippen LogP contribution in [0.1, 0.15) is 56.3 Å². The molecule has 3 unspecified atom stereocenters.